The maximum Gasteiger partial charge on any atom is 0.226 e. The molecule has 144 valence electrons. The average Bonchev–Trinajstić information content (AvgIpc) is 3.36. The van der Waals surface area contributed by atoms with Gasteiger partial charge in [-0.15, -0.1) is 0 Å². The molecule has 0 bridgehead atoms. The van der Waals surface area contributed by atoms with Gasteiger partial charge in [0.1, 0.15) is 5.82 Å². The minimum atomic E-state index is -0.0472. The number of amides is 1. The van der Waals surface area contributed by atoms with E-state index < -0.39 is 0 Å². The van der Waals surface area contributed by atoms with Crippen LogP contribution in [0.25, 0.3) is 11.4 Å². The highest BCUT2D eigenvalue weighted by molar-refractivity contribution is 5.79. The van der Waals surface area contributed by atoms with Crippen molar-refractivity contribution in [3.05, 3.63) is 30.4 Å². The van der Waals surface area contributed by atoms with Crippen LogP contribution in [0.5, 0.6) is 0 Å². The van der Waals surface area contributed by atoms with Crippen LogP contribution in [-0.2, 0) is 11.3 Å². The second kappa shape index (κ2) is 8.17. The zero-order valence-electron chi connectivity index (χ0n) is 15.6. The molecule has 0 radical (unpaired) electrons. The van der Waals surface area contributed by atoms with E-state index in [1.165, 1.54) is 6.42 Å². The molecule has 3 heterocycles. The Kier molecular flexibility index (Phi) is 5.48. The molecule has 2 aromatic heterocycles. The van der Waals surface area contributed by atoms with Crippen LogP contribution in [0, 0.1) is 5.92 Å². The maximum absolute atomic E-state index is 13.1. The Morgan fingerprint density at radius 1 is 1.11 bits per heavy atom. The van der Waals surface area contributed by atoms with Crippen molar-refractivity contribution in [1.82, 2.24) is 24.6 Å². The molecule has 4 rings (SSSR count). The second-order valence-electron chi connectivity index (χ2n) is 7.50. The van der Waals surface area contributed by atoms with E-state index in [1.807, 2.05) is 17.0 Å². The fourth-order valence-electron chi connectivity index (χ4n) is 4.37. The van der Waals surface area contributed by atoms with Gasteiger partial charge in [-0.2, -0.15) is 5.10 Å². The van der Waals surface area contributed by atoms with Gasteiger partial charge >= 0.3 is 0 Å². The monoisotopic (exact) mass is 369 g/mol. The van der Waals surface area contributed by atoms with E-state index in [4.69, 9.17) is 4.98 Å². The van der Waals surface area contributed by atoms with E-state index in [2.05, 4.69) is 10.1 Å². The van der Waals surface area contributed by atoms with Gasteiger partial charge in [0.15, 0.2) is 5.82 Å². The quantitative estimate of drug-likeness (QED) is 0.876. The lowest BCUT2D eigenvalue weighted by Gasteiger charge is -2.30. The van der Waals surface area contributed by atoms with Gasteiger partial charge in [-0.05, 0) is 37.8 Å². The van der Waals surface area contributed by atoms with Gasteiger partial charge in [-0.1, -0.05) is 19.3 Å². The zero-order valence-corrected chi connectivity index (χ0v) is 15.6. The van der Waals surface area contributed by atoms with E-state index in [1.54, 1.807) is 17.1 Å². The number of rotatable bonds is 5. The topological polar surface area (TPSA) is 84.1 Å². The van der Waals surface area contributed by atoms with Crippen molar-refractivity contribution in [1.29, 1.82) is 0 Å². The van der Waals surface area contributed by atoms with Crippen LogP contribution in [0.3, 0.4) is 0 Å². The molecular weight excluding hydrogens is 342 g/mol. The van der Waals surface area contributed by atoms with Crippen molar-refractivity contribution < 1.29 is 9.90 Å². The summed E-state index contributed by atoms with van der Waals surface area (Å²) in [5, 5.41) is 14.1. The lowest BCUT2D eigenvalue weighted by molar-refractivity contribution is -0.137. The summed E-state index contributed by atoms with van der Waals surface area (Å²) in [7, 11) is 0. The molecule has 7 nitrogen and oxygen atoms in total. The average molecular weight is 369 g/mol. The van der Waals surface area contributed by atoms with Gasteiger partial charge in [0.2, 0.25) is 5.91 Å². The molecule has 1 amide bonds. The number of nitrogens with zero attached hydrogens (tertiary/aromatic N) is 5. The van der Waals surface area contributed by atoms with Crippen LogP contribution >= 0.6 is 0 Å². The third-order valence-electron chi connectivity index (χ3n) is 5.74. The summed E-state index contributed by atoms with van der Waals surface area (Å²) in [6.45, 7) is 1.17. The number of aromatic nitrogens is 4. The van der Waals surface area contributed by atoms with Crippen molar-refractivity contribution in [3.63, 3.8) is 0 Å². The van der Waals surface area contributed by atoms with Crippen molar-refractivity contribution in [3.8, 4) is 11.4 Å². The predicted octanol–water partition coefficient (Wildman–Crippen LogP) is 2.58. The highest BCUT2D eigenvalue weighted by Gasteiger charge is 2.37. The Morgan fingerprint density at radius 2 is 1.89 bits per heavy atom. The van der Waals surface area contributed by atoms with E-state index >= 15 is 0 Å². The number of hydrogen-bond acceptors (Lipinski definition) is 5. The minimum absolute atomic E-state index is 0.00453. The van der Waals surface area contributed by atoms with E-state index in [0.717, 1.165) is 56.5 Å². The third kappa shape index (κ3) is 3.74. The Hall–Kier alpha value is -2.28. The second-order valence-corrected chi connectivity index (χ2v) is 7.50. The first kappa shape index (κ1) is 18.1. The molecule has 1 saturated carbocycles. The summed E-state index contributed by atoms with van der Waals surface area (Å²) in [5.41, 5.74) is 0.895. The predicted molar refractivity (Wildman–Crippen MR) is 101 cm³/mol. The van der Waals surface area contributed by atoms with E-state index in [0.29, 0.717) is 12.4 Å². The molecule has 2 aliphatic rings. The molecule has 1 aliphatic heterocycles. The van der Waals surface area contributed by atoms with Crippen LogP contribution in [-0.4, -0.2) is 48.8 Å². The van der Waals surface area contributed by atoms with Gasteiger partial charge in [0.05, 0.1) is 19.2 Å². The number of carbonyl (C=O) groups is 1. The summed E-state index contributed by atoms with van der Waals surface area (Å²) in [6.07, 6.45) is 10.9. The van der Waals surface area contributed by atoms with Crippen molar-refractivity contribution in [2.45, 2.75) is 57.5 Å². The molecule has 0 spiro atoms. The van der Waals surface area contributed by atoms with Crippen molar-refractivity contribution >= 4 is 5.91 Å². The molecule has 7 heteroatoms. The molecular formula is C20H27N5O2. The van der Waals surface area contributed by atoms with Crippen LogP contribution in [0.1, 0.15) is 56.8 Å². The Balaban J connectivity index is 1.62. The van der Waals surface area contributed by atoms with Crippen LogP contribution in [0.4, 0.5) is 0 Å². The highest BCUT2D eigenvalue weighted by atomic mass is 16.3. The smallest absolute Gasteiger partial charge is 0.226 e. The number of carbonyl (C=O) groups excluding carboxylic acids is 1. The molecule has 2 fully saturated rings. The minimum Gasteiger partial charge on any atom is -0.394 e. The zero-order chi connectivity index (χ0) is 18.6. The summed E-state index contributed by atoms with van der Waals surface area (Å²) >= 11 is 0. The first-order valence-electron chi connectivity index (χ1n) is 10.0. The third-order valence-corrected chi connectivity index (χ3v) is 5.74. The maximum atomic E-state index is 13.1. The normalized spacial score (nSPS) is 20.9. The van der Waals surface area contributed by atoms with Gasteiger partial charge in [-0.25, -0.2) is 9.67 Å². The van der Waals surface area contributed by atoms with Gasteiger partial charge < -0.3 is 10.0 Å². The molecule has 0 unspecified atom stereocenters. The number of aliphatic hydroxyl groups is 1. The molecule has 27 heavy (non-hydrogen) atoms. The molecule has 1 atom stereocenters. The standard InChI is InChI=1S/C20H27N5O2/c26-14-13-25-19(22-18(23-25)15-8-10-21-11-9-15)17-7-4-12-24(17)20(27)16-5-2-1-3-6-16/h8-11,16-17,26H,1-7,12-14H2/t17-/m0/s1. The molecule has 1 aliphatic carbocycles. The number of hydrogen-bond donors (Lipinski definition) is 1. The van der Waals surface area contributed by atoms with E-state index in [9.17, 15) is 9.90 Å². The molecule has 0 aromatic carbocycles. The largest absolute Gasteiger partial charge is 0.394 e. The molecule has 1 saturated heterocycles. The van der Waals surface area contributed by atoms with Crippen molar-refractivity contribution in [2.24, 2.45) is 5.92 Å². The summed E-state index contributed by atoms with van der Waals surface area (Å²) in [4.78, 5) is 24.0. The SMILES string of the molecule is O=C(C1CCCCC1)N1CCC[C@H]1c1nc(-c2ccncc2)nn1CCO. The van der Waals surface area contributed by atoms with Crippen LogP contribution in [0.2, 0.25) is 0 Å². The number of pyridine rings is 1. The van der Waals surface area contributed by atoms with Gasteiger partial charge in [-0.3, -0.25) is 9.78 Å². The van der Waals surface area contributed by atoms with Crippen molar-refractivity contribution in [2.75, 3.05) is 13.2 Å². The van der Waals surface area contributed by atoms with Crippen LogP contribution < -0.4 is 0 Å². The number of aliphatic hydroxyl groups excluding tert-OH is 1. The summed E-state index contributed by atoms with van der Waals surface area (Å²) in [6, 6.07) is 3.71. The molecule has 2 aromatic rings. The molecule has 1 N–H and O–H groups in total. The first-order chi connectivity index (χ1) is 13.3. The Morgan fingerprint density at radius 3 is 2.63 bits per heavy atom. The number of likely N-dealkylation sites (tertiary alicyclic amines) is 1. The Bertz CT molecular complexity index is 770. The van der Waals surface area contributed by atoms with Gasteiger partial charge in [0, 0.05) is 30.4 Å². The lowest BCUT2D eigenvalue weighted by Crippen LogP contribution is -2.37. The van der Waals surface area contributed by atoms with Crippen LogP contribution in [0.15, 0.2) is 24.5 Å². The highest BCUT2D eigenvalue weighted by Crippen LogP contribution is 2.35. The fourth-order valence-corrected chi connectivity index (χ4v) is 4.37. The lowest BCUT2D eigenvalue weighted by atomic mass is 9.88. The Labute approximate surface area is 159 Å². The van der Waals surface area contributed by atoms with Gasteiger partial charge in [0.25, 0.3) is 0 Å². The first-order valence-corrected chi connectivity index (χ1v) is 10.0. The summed E-state index contributed by atoms with van der Waals surface area (Å²) < 4.78 is 1.77. The summed E-state index contributed by atoms with van der Waals surface area (Å²) in [5.74, 6) is 1.85. The van der Waals surface area contributed by atoms with E-state index in [-0.39, 0.29) is 24.5 Å². The fraction of sp³-hybridized carbons (Fsp3) is 0.600.